The van der Waals surface area contributed by atoms with E-state index in [0.29, 0.717) is 0 Å². The van der Waals surface area contributed by atoms with E-state index in [-0.39, 0.29) is 17.8 Å². The van der Waals surface area contributed by atoms with Crippen LogP contribution in [0.1, 0.15) is 48.3 Å². The van der Waals surface area contributed by atoms with Crippen LogP contribution in [0.25, 0.3) is 50.5 Å². The van der Waals surface area contributed by atoms with E-state index in [2.05, 4.69) is 197 Å². The van der Waals surface area contributed by atoms with Crippen LogP contribution in [0.3, 0.4) is 0 Å². The largest absolute Gasteiger partial charge is 0.247 e. The van der Waals surface area contributed by atoms with Crippen molar-refractivity contribution in [1.82, 2.24) is 4.98 Å². The number of rotatable bonds is 5. The lowest BCUT2D eigenvalue weighted by Gasteiger charge is -2.36. The van der Waals surface area contributed by atoms with Gasteiger partial charge in [0.05, 0.1) is 11.0 Å². The number of halogens is 1. The molecule has 0 radical (unpaired) electrons. The molecule has 0 saturated heterocycles. The van der Waals surface area contributed by atoms with Gasteiger partial charge in [-0.25, -0.2) is 4.98 Å². The number of pyridine rings is 1. The van der Waals surface area contributed by atoms with Gasteiger partial charge in [-0.3, -0.25) is 0 Å². The first-order valence-corrected chi connectivity index (χ1v) is 19.3. The van der Waals surface area contributed by atoms with Crippen LogP contribution in [0.5, 0.6) is 0 Å². The van der Waals surface area contributed by atoms with Crippen LogP contribution >= 0.6 is 22.6 Å². The summed E-state index contributed by atoms with van der Waals surface area (Å²) in [6.45, 7) is 2.32. The molecule has 0 amide bonds. The van der Waals surface area contributed by atoms with Crippen molar-refractivity contribution in [3.05, 3.63) is 200 Å². The quantitative estimate of drug-likeness (QED) is 0.159. The molecule has 3 aliphatic rings. The number of hydrogen-bond donors (Lipinski definition) is 0. The molecule has 0 aliphatic heterocycles. The van der Waals surface area contributed by atoms with Crippen LogP contribution in [0, 0.1) is 5.92 Å². The van der Waals surface area contributed by atoms with Gasteiger partial charge in [-0.05, 0) is 78.0 Å². The second-order valence-corrected chi connectivity index (χ2v) is 14.6. The summed E-state index contributed by atoms with van der Waals surface area (Å²) in [5, 5.41) is 7.45. The standard InChI is InChI=1S/C49H38IN/c1-32(33-11-3-2-4-12-33)27-45-41(31-50)29-39-25-24-38(30-46(39)48(45)40-26-21-34-13-5-6-14-37(34)28-40)35-19-22-36(23-20-35)49-44-17-8-7-15-42(44)43-16-9-10-18-47(43)51-49/h2-8,11-32,46,48H,9-10H2,1H3/b41-31-,45-27+/t32-,46?,48?/m0/s1. The van der Waals surface area contributed by atoms with Crippen molar-refractivity contribution in [3.8, 4) is 11.3 Å². The molecule has 0 N–H and O–H groups in total. The van der Waals surface area contributed by atoms with Gasteiger partial charge in [0.15, 0.2) is 0 Å². The first-order valence-electron chi connectivity index (χ1n) is 18.0. The Bertz CT molecular complexity index is 2600. The molecule has 0 saturated carbocycles. The molecule has 51 heavy (non-hydrogen) atoms. The normalized spacial score (nSPS) is 20.3. The predicted octanol–water partition coefficient (Wildman–Crippen LogP) is 11.8. The third-order valence-corrected chi connectivity index (χ3v) is 11.6. The number of fused-ring (bicyclic) bond motifs is 5. The second-order valence-electron chi connectivity index (χ2n) is 14.0. The first-order chi connectivity index (χ1) is 25.1. The van der Waals surface area contributed by atoms with Gasteiger partial charge in [-0.2, -0.15) is 0 Å². The Morgan fingerprint density at radius 2 is 1.45 bits per heavy atom. The minimum atomic E-state index is 0.181. The number of hydrogen-bond acceptors (Lipinski definition) is 1. The molecule has 9 rings (SSSR count). The van der Waals surface area contributed by atoms with E-state index in [1.807, 2.05) is 0 Å². The van der Waals surface area contributed by atoms with Crippen molar-refractivity contribution in [2.75, 3.05) is 0 Å². The van der Waals surface area contributed by atoms with Gasteiger partial charge in [0.2, 0.25) is 0 Å². The summed E-state index contributed by atoms with van der Waals surface area (Å²) >= 11 is 2.43. The van der Waals surface area contributed by atoms with Gasteiger partial charge in [0.25, 0.3) is 0 Å². The highest BCUT2D eigenvalue weighted by atomic mass is 127. The Hall–Kier alpha value is -5.06. The van der Waals surface area contributed by atoms with E-state index in [0.717, 1.165) is 29.4 Å². The van der Waals surface area contributed by atoms with E-state index < -0.39 is 0 Å². The van der Waals surface area contributed by atoms with Crippen molar-refractivity contribution in [3.63, 3.8) is 0 Å². The number of allylic oxidation sites excluding steroid dienone is 9. The SMILES string of the molecule is C[C@@H](/C=C1\C(=C/I)C=C2C=CC(c3ccc(-c4nc5c(c6ccccc46)=CCCC=5)cc3)=CC2C1c1ccc2ccccc2c1)c1ccccc1. The zero-order valence-electron chi connectivity index (χ0n) is 28.6. The molecular weight excluding hydrogens is 729 g/mol. The molecule has 1 aromatic heterocycles. The maximum atomic E-state index is 5.21. The highest BCUT2D eigenvalue weighted by Gasteiger charge is 2.34. The molecule has 1 nitrogen and oxygen atoms in total. The molecule has 0 bridgehead atoms. The van der Waals surface area contributed by atoms with E-state index in [9.17, 15) is 0 Å². The Morgan fingerprint density at radius 1 is 0.725 bits per heavy atom. The lowest BCUT2D eigenvalue weighted by Crippen LogP contribution is -2.31. The van der Waals surface area contributed by atoms with Crippen molar-refractivity contribution in [2.45, 2.75) is 31.6 Å². The average molecular weight is 768 g/mol. The van der Waals surface area contributed by atoms with Gasteiger partial charge < -0.3 is 0 Å². The van der Waals surface area contributed by atoms with Crippen molar-refractivity contribution in [1.29, 1.82) is 0 Å². The summed E-state index contributed by atoms with van der Waals surface area (Å²) in [4.78, 5) is 5.21. The van der Waals surface area contributed by atoms with E-state index in [1.54, 1.807) is 0 Å². The minimum Gasteiger partial charge on any atom is -0.247 e. The van der Waals surface area contributed by atoms with Gasteiger partial charge >= 0.3 is 0 Å². The summed E-state index contributed by atoms with van der Waals surface area (Å²) in [7, 11) is 0. The summed E-state index contributed by atoms with van der Waals surface area (Å²) in [6.07, 6.45) is 18.9. The van der Waals surface area contributed by atoms with Crippen LogP contribution < -0.4 is 10.6 Å². The number of benzene rings is 5. The van der Waals surface area contributed by atoms with Crippen LogP contribution in [-0.4, -0.2) is 4.98 Å². The topological polar surface area (TPSA) is 12.9 Å². The van der Waals surface area contributed by atoms with Gasteiger partial charge in [0, 0.05) is 28.0 Å². The number of nitrogens with zero attached hydrogens (tertiary/aromatic N) is 1. The lowest BCUT2D eigenvalue weighted by molar-refractivity contribution is 0.637. The fourth-order valence-electron chi connectivity index (χ4n) is 8.27. The Morgan fingerprint density at radius 3 is 2.27 bits per heavy atom. The van der Waals surface area contributed by atoms with E-state index >= 15 is 0 Å². The smallest absolute Gasteiger partial charge is 0.0787 e. The minimum absolute atomic E-state index is 0.181. The van der Waals surface area contributed by atoms with Crippen LogP contribution in [0.15, 0.2) is 173 Å². The van der Waals surface area contributed by atoms with Crippen LogP contribution in [0.2, 0.25) is 0 Å². The Balaban J connectivity index is 1.14. The van der Waals surface area contributed by atoms with Crippen molar-refractivity contribution >= 4 is 61.9 Å². The lowest BCUT2D eigenvalue weighted by atomic mass is 9.67. The first kappa shape index (κ1) is 31.9. The highest BCUT2D eigenvalue weighted by Crippen LogP contribution is 2.49. The second kappa shape index (κ2) is 13.6. The Labute approximate surface area is 313 Å². The zero-order valence-corrected chi connectivity index (χ0v) is 30.8. The summed E-state index contributed by atoms with van der Waals surface area (Å²) < 4.78 is 2.26. The van der Waals surface area contributed by atoms with Crippen molar-refractivity contribution < 1.29 is 0 Å². The van der Waals surface area contributed by atoms with Crippen molar-refractivity contribution in [2.24, 2.45) is 5.92 Å². The summed E-state index contributed by atoms with van der Waals surface area (Å²) in [6, 6.07) is 44.5. The van der Waals surface area contributed by atoms with Crippen LogP contribution in [-0.2, 0) is 0 Å². The molecular formula is C49H38IN. The molecule has 0 fully saturated rings. The third-order valence-electron chi connectivity index (χ3n) is 10.9. The third kappa shape index (κ3) is 5.96. The monoisotopic (exact) mass is 767 g/mol. The summed E-state index contributed by atoms with van der Waals surface area (Å²) in [5.41, 5.74) is 11.4. The predicted molar refractivity (Wildman–Crippen MR) is 225 cm³/mol. The molecule has 0 spiro atoms. The molecule has 3 atom stereocenters. The average Bonchev–Trinajstić information content (AvgIpc) is 3.20. The molecule has 3 aliphatic carbocycles. The fourth-order valence-corrected chi connectivity index (χ4v) is 8.81. The van der Waals surface area contributed by atoms with Gasteiger partial charge in [0.1, 0.15) is 0 Å². The Kier molecular flexibility index (Phi) is 8.49. The molecule has 2 heteroatoms. The van der Waals surface area contributed by atoms with Gasteiger partial charge in [-0.1, -0.05) is 193 Å². The molecule has 1 heterocycles. The molecule has 5 aromatic carbocycles. The maximum Gasteiger partial charge on any atom is 0.0787 e. The fraction of sp³-hybridized carbons (Fsp3) is 0.122. The molecule has 246 valence electrons. The molecule has 2 unspecified atom stereocenters. The van der Waals surface area contributed by atoms with E-state index in [4.69, 9.17) is 4.98 Å². The maximum absolute atomic E-state index is 5.21. The molecule has 6 aromatic rings. The highest BCUT2D eigenvalue weighted by molar-refractivity contribution is 14.1. The van der Waals surface area contributed by atoms with Crippen LogP contribution in [0.4, 0.5) is 0 Å². The zero-order chi connectivity index (χ0) is 34.3. The van der Waals surface area contributed by atoms with Gasteiger partial charge in [-0.15, -0.1) is 0 Å². The summed E-state index contributed by atoms with van der Waals surface area (Å²) in [5.74, 6) is 0.669. The van der Waals surface area contributed by atoms with E-state index in [1.165, 1.54) is 65.7 Å². The number of aromatic nitrogens is 1.